The molecule has 3 heterocycles. The Balaban J connectivity index is 1.62. The van der Waals surface area contributed by atoms with Crippen molar-refractivity contribution in [3.8, 4) is 16.9 Å². The van der Waals surface area contributed by atoms with Crippen LogP contribution in [0.2, 0.25) is 0 Å². The van der Waals surface area contributed by atoms with Gasteiger partial charge in [0.1, 0.15) is 29.5 Å². The lowest BCUT2D eigenvalue weighted by molar-refractivity contribution is 0.0596. The summed E-state index contributed by atoms with van der Waals surface area (Å²) < 4.78 is 56.6. The second-order valence-corrected chi connectivity index (χ2v) is 9.30. The summed E-state index contributed by atoms with van der Waals surface area (Å²) in [7, 11) is 1.21. The summed E-state index contributed by atoms with van der Waals surface area (Å²) in [6.07, 6.45) is 7.37. The van der Waals surface area contributed by atoms with Gasteiger partial charge >= 0.3 is 5.97 Å². The van der Waals surface area contributed by atoms with E-state index in [2.05, 4.69) is 4.90 Å². The Morgan fingerprint density at radius 1 is 1.19 bits per heavy atom. The Morgan fingerprint density at radius 3 is 2.72 bits per heavy atom. The van der Waals surface area contributed by atoms with Crippen molar-refractivity contribution in [2.75, 3.05) is 31.0 Å². The zero-order valence-electron chi connectivity index (χ0n) is 19.6. The van der Waals surface area contributed by atoms with E-state index < -0.39 is 23.1 Å². The summed E-state index contributed by atoms with van der Waals surface area (Å²) in [6.45, 7) is 2.73. The first-order valence-corrected chi connectivity index (χ1v) is 12.5. The molecule has 2 aromatic carbocycles. The molecule has 36 heavy (non-hydrogen) atoms. The quantitative estimate of drug-likeness (QED) is 0.332. The molecular formula is C26H24FN2O6S-. The number of anilines is 2. The molecule has 1 saturated heterocycles. The second kappa shape index (κ2) is 10.3. The highest BCUT2D eigenvalue weighted by Crippen LogP contribution is 2.46. The highest BCUT2D eigenvalue weighted by molar-refractivity contribution is 7.81. The van der Waals surface area contributed by atoms with E-state index in [1.807, 2.05) is 6.08 Å². The van der Waals surface area contributed by atoms with Gasteiger partial charge in [0.15, 0.2) is 0 Å². The fourth-order valence-electron chi connectivity index (χ4n) is 4.66. The lowest BCUT2D eigenvalue weighted by Gasteiger charge is -2.31. The number of methoxy groups -OCH3 is 1. The number of hydrogen-bond donors (Lipinski definition) is 0. The Kier molecular flexibility index (Phi) is 6.90. The number of benzene rings is 2. The number of likely N-dealkylation sites (tertiary alicyclic amines) is 1. The number of nitrogens with zero attached hydrogens (tertiary/aromatic N) is 2. The van der Waals surface area contributed by atoms with Crippen LogP contribution in [0.5, 0.6) is 5.75 Å². The number of carbonyl (C=O) groups is 1. The third-order valence-electron chi connectivity index (χ3n) is 6.34. The molecule has 0 spiro atoms. The highest BCUT2D eigenvalue weighted by Gasteiger charge is 2.31. The molecule has 1 aromatic heterocycles. The van der Waals surface area contributed by atoms with Gasteiger partial charge in [-0.15, -0.1) is 0 Å². The zero-order valence-corrected chi connectivity index (χ0v) is 20.4. The molecule has 10 heteroatoms. The molecule has 5 rings (SSSR count). The first-order valence-electron chi connectivity index (χ1n) is 11.5. The molecule has 1 atom stereocenters. The van der Waals surface area contributed by atoms with Gasteiger partial charge in [0, 0.05) is 23.2 Å². The Bertz CT molecular complexity index is 1350. The maximum absolute atomic E-state index is 14.2. The van der Waals surface area contributed by atoms with Gasteiger partial charge in [-0.2, -0.15) is 0 Å². The number of halogens is 1. The van der Waals surface area contributed by atoms with E-state index in [1.54, 1.807) is 18.2 Å². The van der Waals surface area contributed by atoms with E-state index in [4.69, 9.17) is 13.9 Å². The van der Waals surface area contributed by atoms with E-state index in [-0.39, 0.29) is 29.3 Å². The summed E-state index contributed by atoms with van der Waals surface area (Å²) in [5.74, 6) is -0.487. The average molecular weight is 512 g/mol. The maximum atomic E-state index is 14.2. The molecule has 1 fully saturated rings. The highest BCUT2D eigenvalue weighted by atomic mass is 32.2. The van der Waals surface area contributed by atoms with Crippen LogP contribution in [-0.4, -0.2) is 46.4 Å². The summed E-state index contributed by atoms with van der Waals surface area (Å²) in [4.78, 5) is 15.2. The minimum absolute atomic E-state index is 0.0293. The molecule has 8 nitrogen and oxygen atoms in total. The third kappa shape index (κ3) is 4.55. The van der Waals surface area contributed by atoms with E-state index in [0.717, 1.165) is 35.8 Å². The van der Waals surface area contributed by atoms with Crippen molar-refractivity contribution in [3.05, 3.63) is 71.4 Å². The number of ether oxygens (including phenoxy) is 2. The van der Waals surface area contributed by atoms with Crippen LogP contribution < -0.4 is 9.04 Å². The molecule has 0 aliphatic carbocycles. The average Bonchev–Trinajstić information content (AvgIpc) is 3.56. The third-order valence-corrected chi connectivity index (χ3v) is 7.04. The number of furan rings is 1. The topological polar surface area (TPSA) is 95.3 Å². The Labute approximate surface area is 210 Å². The number of rotatable bonds is 7. The van der Waals surface area contributed by atoms with Crippen molar-refractivity contribution in [2.24, 2.45) is 0 Å². The minimum Gasteiger partial charge on any atom is -0.755 e. The van der Waals surface area contributed by atoms with Crippen molar-refractivity contribution >= 4 is 34.7 Å². The first-order chi connectivity index (χ1) is 17.5. The number of carbonyl (C=O) groups excluding carboxylic acids is 1. The summed E-state index contributed by atoms with van der Waals surface area (Å²) in [5.41, 5.74) is 1.84. The Morgan fingerprint density at radius 2 is 1.97 bits per heavy atom. The summed E-state index contributed by atoms with van der Waals surface area (Å²) in [5, 5.41) is 0. The normalized spacial score (nSPS) is 15.9. The maximum Gasteiger partial charge on any atom is 0.343 e. The largest absolute Gasteiger partial charge is 0.755 e. The lowest BCUT2D eigenvalue weighted by atomic mass is 9.98. The molecule has 3 aromatic rings. The molecule has 1 unspecified atom stereocenters. The smallest absolute Gasteiger partial charge is 0.343 e. The van der Waals surface area contributed by atoms with Gasteiger partial charge in [0.25, 0.3) is 0 Å². The molecule has 2 aliphatic heterocycles. The van der Waals surface area contributed by atoms with Gasteiger partial charge in [0.2, 0.25) is 0 Å². The van der Waals surface area contributed by atoms with Crippen LogP contribution in [0.1, 0.15) is 34.5 Å². The molecule has 2 aliphatic rings. The number of fused-ring (bicyclic) bond motifs is 3. The number of esters is 1. The van der Waals surface area contributed by atoms with Crippen LogP contribution in [0.3, 0.4) is 0 Å². The van der Waals surface area contributed by atoms with Crippen LogP contribution in [-0.2, 0) is 22.6 Å². The second-order valence-electron chi connectivity index (χ2n) is 8.50. The van der Waals surface area contributed by atoms with Crippen molar-refractivity contribution in [3.63, 3.8) is 0 Å². The van der Waals surface area contributed by atoms with Crippen molar-refractivity contribution in [1.29, 1.82) is 0 Å². The fraction of sp³-hybridized carbons (Fsp3) is 0.269. The zero-order chi connectivity index (χ0) is 25.2. The first kappa shape index (κ1) is 24.2. The molecule has 0 radical (unpaired) electrons. The molecule has 0 saturated carbocycles. The molecule has 0 bridgehead atoms. The SMILES string of the molecule is COC(=O)c1c(N(c2ccc(F)cc2C=CCN2CCCC2)S(=O)[O-])ccc2c1OCc1occc1-2. The monoisotopic (exact) mass is 511 g/mol. The van der Waals surface area contributed by atoms with Gasteiger partial charge in [0.05, 0.1) is 36.0 Å². The fourth-order valence-corrected chi connectivity index (χ4v) is 5.30. The van der Waals surface area contributed by atoms with Crippen molar-refractivity contribution in [1.82, 2.24) is 4.90 Å². The van der Waals surface area contributed by atoms with Crippen LogP contribution in [0, 0.1) is 5.82 Å². The standard InChI is InChI=1S/C26H25FN2O6S/c1-33-26(30)24-22(9-7-20-19-10-14-34-23(19)16-35-25(20)24)29(36(31)32)21-8-6-18(27)15-17(21)5-4-13-28-11-2-3-12-28/h4-10,14-15H,2-3,11-13,16H2,1H3,(H,31,32)/p-1. The van der Waals surface area contributed by atoms with E-state index in [0.29, 0.717) is 23.4 Å². The van der Waals surface area contributed by atoms with E-state index >= 15 is 0 Å². The predicted octanol–water partition coefficient (Wildman–Crippen LogP) is 4.81. The van der Waals surface area contributed by atoms with Crippen molar-refractivity contribution in [2.45, 2.75) is 19.4 Å². The Hall–Kier alpha value is -3.47. The molecule has 188 valence electrons. The lowest BCUT2D eigenvalue weighted by Crippen LogP contribution is -2.24. The van der Waals surface area contributed by atoms with Gasteiger partial charge in [-0.3, -0.25) is 13.4 Å². The summed E-state index contributed by atoms with van der Waals surface area (Å²) >= 11 is -2.86. The van der Waals surface area contributed by atoms with Crippen molar-refractivity contribution < 1.29 is 31.8 Å². The number of hydrogen-bond acceptors (Lipinski definition) is 7. The van der Waals surface area contributed by atoms with E-state index in [1.165, 1.54) is 37.6 Å². The van der Waals surface area contributed by atoms with Gasteiger partial charge in [-0.05, 0) is 62.3 Å². The molecule has 0 amide bonds. The summed E-state index contributed by atoms with van der Waals surface area (Å²) in [6, 6.07) is 8.74. The van der Waals surface area contributed by atoms with Crippen LogP contribution in [0.15, 0.2) is 53.2 Å². The van der Waals surface area contributed by atoms with Gasteiger partial charge in [-0.25, -0.2) is 9.18 Å². The predicted molar refractivity (Wildman–Crippen MR) is 132 cm³/mol. The van der Waals surface area contributed by atoms with Gasteiger partial charge < -0.3 is 18.4 Å². The minimum atomic E-state index is -2.86. The molecule has 0 N–H and O–H groups in total. The van der Waals surface area contributed by atoms with Crippen LogP contribution in [0.4, 0.5) is 15.8 Å². The van der Waals surface area contributed by atoms with Crippen LogP contribution >= 0.6 is 0 Å². The molecular weight excluding hydrogens is 487 g/mol. The van der Waals surface area contributed by atoms with Gasteiger partial charge in [-0.1, -0.05) is 12.2 Å². The van der Waals surface area contributed by atoms with E-state index in [9.17, 15) is 17.9 Å². The van der Waals surface area contributed by atoms with Crippen LogP contribution in [0.25, 0.3) is 17.2 Å².